The summed E-state index contributed by atoms with van der Waals surface area (Å²) in [4.78, 5) is 42.0. The van der Waals surface area contributed by atoms with Gasteiger partial charge >= 0.3 is 5.97 Å². The van der Waals surface area contributed by atoms with Gasteiger partial charge in [0.25, 0.3) is 0 Å². The molecule has 2 unspecified atom stereocenters. The lowest BCUT2D eigenvalue weighted by Crippen LogP contribution is -2.50. The number of rotatable bonds is 14. The number of anilines is 1. The van der Waals surface area contributed by atoms with Crippen LogP contribution in [0.2, 0.25) is 0 Å². The lowest BCUT2D eigenvalue weighted by atomic mass is 9.91. The number of likely N-dealkylation sites (tertiary alicyclic amines) is 1. The van der Waals surface area contributed by atoms with Gasteiger partial charge in [-0.15, -0.1) is 0 Å². The third-order valence-electron chi connectivity index (χ3n) is 7.51. The highest BCUT2D eigenvalue weighted by molar-refractivity contribution is 7.89. The number of aliphatic imine (C=N–C) groups is 1. The molecule has 13 nitrogen and oxygen atoms in total. The Morgan fingerprint density at radius 1 is 1.20 bits per heavy atom. The van der Waals surface area contributed by atoms with Crippen LogP contribution >= 0.6 is 0 Å². The minimum Gasteiger partial charge on any atom is -0.481 e. The molecular formula is C27H43N7O6S. The number of para-hydroxylation sites is 1. The van der Waals surface area contributed by atoms with Crippen LogP contribution in [0.3, 0.4) is 0 Å². The molecule has 41 heavy (non-hydrogen) atoms. The summed E-state index contributed by atoms with van der Waals surface area (Å²) in [6, 6.07) is 4.21. The molecule has 8 N–H and O–H groups in total. The van der Waals surface area contributed by atoms with Gasteiger partial charge in [-0.2, -0.15) is 4.72 Å². The molecule has 2 atom stereocenters. The fourth-order valence-electron chi connectivity index (χ4n) is 5.28. The van der Waals surface area contributed by atoms with Gasteiger partial charge in [-0.1, -0.05) is 19.1 Å². The van der Waals surface area contributed by atoms with Crippen molar-refractivity contribution >= 4 is 39.5 Å². The molecule has 1 aromatic rings. The molecule has 14 heteroatoms. The van der Waals surface area contributed by atoms with Crippen LogP contribution < -0.4 is 26.8 Å². The van der Waals surface area contributed by atoms with Crippen molar-refractivity contribution in [3.05, 3.63) is 23.8 Å². The fourth-order valence-corrected chi connectivity index (χ4v) is 6.73. The number of fused-ring (bicyclic) bond motifs is 1. The predicted molar refractivity (Wildman–Crippen MR) is 156 cm³/mol. The second kappa shape index (κ2) is 15.0. The molecule has 2 heterocycles. The van der Waals surface area contributed by atoms with Crippen molar-refractivity contribution in [2.45, 2.75) is 69.2 Å². The first kappa shape index (κ1) is 32.1. The van der Waals surface area contributed by atoms with Crippen molar-refractivity contribution in [1.29, 1.82) is 0 Å². The van der Waals surface area contributed by atoms with E-state index in [0.717, 1.165) is 12.0 Å². The monoisotopic (exact) mass is 593 g/mol. The van der Waals surface area contributed by atoms with Crippen molar-refractivity contribution in [2.75, 3.05) is 38.0 Å². The summed E-state index contributed by atoms with van der Waals surface area (Å²) in [5.74, 6) is -0.893. The maximum atomic E-state index is 13.6. The number of carbonyl (C=O) groups excluding carboxylic acids is 2. The van der Waals surface area contributed by atoms with E-state index >= 15 is 0 Å². The van der Waals surface area contributed by atoms with Crippen LogP contribution in [0.25, 0.3) is 0 Å². The zero-order valence-electron chi connectivity index (χ0n) is 23.6. The quantitative estimate of drug-likeness (QED) is 0.101. The molecular weight excluding hydrogens is 550 g/mol. The average Bonchev–Trinajstić information content (AvgIpc) is 2.92. The van der Waals surface area contributed by atoms with E-state index in [1.807, 2.05) is 6.07 Å². The highest BCUT2D eigenvalue weighted by atomic mass is 32.2. The van der Waals surface area contributed by atoms with Gasteiger partial charge in [-0.05, 0) is 62.0 Å². The number of carboxylic acid groups (broad SMARTS) is 1. The molecule has 1 fully saturated rings. The summed E-state index contributed by atoms with van der Waals surface area (Å²) >= 11 is 0. The Labute approximate surface area is 241 Å². The molecule has 2 aliphatic rings. The number of hydrogen-bond donors (Lipinski definition) is 6. The number of nitrogens with one attached hydrogen (secondary N) is 3. The van der Waals surface area contributed by atoms with E-state index in [9.17, 15) is 22.8 Å². The molecule has 1 saturated heterocycles. The predicted octanol–water partition coefficient (Wildman–Crippen LogP) is 0.601. The minimum atomic E-state index is -4.02. The smallest absolute Gasteiger partial charge is 0.305 e. The number of nitrogens with zero attached hydrogens (tertiary/aromatic N) is 2. The van der Waals surface area contributed by atoms with Crippen molar-refractivity contribution in [2.24, 2.45) is 28.3 Å². The normalized spacial score (nSPS) is 18.1. The first-order valence-corrected chi connectivity index (χ1v) is 15.6. The molecule has 3 rings (SSSR count). The number of aliphatic carboxylic acids is 1. The molecule has 1 aromatic carbocycles. The second-order valence-electron chi connectivity index (χ2n) is 10.9. The highest BCUT2D eigenvalue weighted by Crippen LogP contribution is 2.31. The third kappa shape index (κ3) is 9.88. The van der Waals surface area contributed by atoms with Crippen molar-refractivity contribution in [3.63, 3.8) is 0 Å². The number of amides is 2. The zero-order valence-corrected chi connectivity index (χ0v) is 24.4. The van der Waals surface area contributed by atoms with Gasteiger partial charge in [0.2, 0.25) is 21.8 Å². The van der Waals surface area contributed by atoms with Gasteiger partial charge in [-0.25, -0.2) is 8.42 Å². The van der Waals surface area contributed by atoms with E-state index in [2.05, 4.69) is 27.3 Å². The molecule has 2 amide bonds. The first-order valence-electron chi connectivity index (χ1n) is 14.2. The Kier molecular flexibility index (Phi) is 11.8. The topological polar surface area (TPSA) is 209 Å². The van der Waals surface area contributed by atoms with Crippen LogP contribution in [0.15, 0.2) is 28.1 Å². The summed E-state index contributed by atoms with van der Waals surface area (Å²) in [5, 5.41) is 14.5. The molecule has 0 saturated carbocycles. The lowest BCUT2D eigenvalue weighted by Gasteiger charge is -2.34. The molecule has 0 spiro atoms. The van der Waals surface area contributed by atoms with E-state index in [1.165, 1.54) is 0 Å². The standard InChI is InChI=1S/C27H43N7O6S/c1-18-16-20-4-2-6-22(25(20)32-17-18)41(39,40)33-21(5-3-12-31-27(28)29)26(38)34-14-10-19(11-15-34)7-8-23(35)30-13-9-24(36)37/h2,4,6,18-19,21,32-33H,3,5,7-17H2,1H3,(H,30,35)(H,36,37)(H4,28,29,31). The van der Waals surface area contributed by atoms with Crippen molar-refractivity contribution in [3.8, 4) is 0 Å². The summed E-state index contributed by atoms with van der Waals surface area (Å²) in [7, 11) is -4.02. The summed E-state index contributed by atoms with van der Waals surface area (Å²) < 4.78 is 29.8. The summed E-state index contributed by atoms with van der Waals surface area (Å²) in [5.41, 5.74) is 12.3. The number of carboxylic acids is 1. The number of nitrogens with two attached hydrogens (primary N) is 2. The number of piperidine rings is 1. The van der Waals surface area contributed by atoms with Crippen LogP contribution in [-0.4, -0.2) is 80.9 Å². The van der Waals surface area contributed by atoms with E-state index in [-0.39, 0.29) is 54.5 Å². The SMILES string of the molecule is CC1CNc2c(cccc2S(=O)(=O)NC(CCCN=C(N)N)C(=O)N2CCC(CCC(=O)NCCC(=O)O)CC2)C1. The minimum absolute atomic E-state index is 0.0673. The molecule has 228 valence electrons. The van der Waals surface area contributed by atoms with Gasteiger partial charge in [0.05, 0.1) is 12.1 Å². The Balaban J connectivity index is 1.63. The highest BCUT2D eigenvalue weighted by Gasteiger charge is 2.33. The maximum absolute atomic E-state index is 13.6. The van der Waals surface area contributed by atoms with E-state index in [1.54, 1.807) is 17.0 Å². The van der Waals surface area contributed by atoms with Crippen LogP contribution in [0.4, 0.5) is 5.69 Å². The first-order chi connectivity index (χ1) is 19.5. The molecule has 0 radical (unpaired) electrons. The number of benzene rings is 1. The number of guanidine groups is 1. The number of hydrogen-bond acceptors (Lipinski definition) is 7. The average molecular weight is 594 g/mol. The van der Waals surface area contributed by atoms with Gasteiger partial charge in [0, 0.05) is 39.1 Å². The van der Waals surface area contributed by atoms with E-state index < -0.39 is 22.0 Å². The van der Waals surface area contributed by atoms with Crippen molar-refractivity contribution < 1.29 is 27.9 Å². The molecule has 0 aliphatic carbocycles. The Morgan fingerprint density at radius 3 is 2.61 bits per heavy atom. The van der Waals surface area contributed by atoms with Crippen LogP contribution in [-0.2, 0) is 30.8 Å². The van der Waals surface area contributed by atoms with E-state index in [0.29, 0.717) is 63.3 Å². The van der Waals surface area contributed by atoms with Gasteiger partial charge in [-0.3, -0.25) is 19.4 Å². The second-order valence-corrected chi connectivity index (χ2v) is 12.6. The maximum Gasteiger partial charge on any atom is 0.305 e. The Morgan fingerprint density at radius 2 is 1.93 bits per heavy atom. The third-order valence-corrected chi connectivity index (χ3v) is 9.02. The van der Waals surface area contributed by atoms with Gasteiger partial charge in [0.1, 0.15) is 10.9 Å². The lowest BCUT2D eigenvalue weighted by molar-refractivity contribution is -0.137. The number of carbonyl (C=O) groups is 3. The van der Waals surface area contributed by atoms with Crippen LogP contribution in [0.1, 0.15) is 57.4 Å². The van der Waals surface area contributed by atoms with Crippen LogP contribution in [0, 0.1) is 11.8 Å². The Hall–Kier alpha value is -3.39. The summed E-state index contributed by atoms with van der Waals surface area (Å²) in [6.45, 7) is 4.04. The number of sulfonamides is 1. The molecule has 0 aromatic heterocycles. The van der Waals surface area contributed by atoms with Gasteiger partial charge < -0.3 is 32.1 Å². The van der Waals surface area contributed by atoms with Crippen LogP contribution in [0.5, 0.6) is 0 Å². The largest absolute Gasteiger partial charge is 0.481 e. The van der Waals surface area contributed by atoms with Gasteiger partial charge in [0.15, 0.2) is 5.96 Å². The summed E-state index contributed by atoms with van der Waals surface area (Å²) in [6.07, 6.45) is 3.60. The fraction of sp³-hybridized carbons (Fsp3) is 0.630. The molecule has 2 aliphatic heterocycles. The molecule has 0 bridgehead atoms. The van der Waals surface area contributed by atoms with E-state index in [4.69, 9.17) is 16.6 Å². The van der Waals surface area contributed by atoms with Crippen molar-refractivity contribution in [1.82, 2.24) is 14.9 Å². The zero-order chi connectivity index (χ0) is 30.0. The Bertz CT molecular complexity index is 1210.